The highest BCUT2D eigenvalue weighted by Gasteiger charge is 2.11. The van der Waals surface area contributed by atoms with Gasteiger partial charge in [-0.25, -0.2) is 0 Å². The molecule has 1 aromatic rings. The molecule has 0 fully saturated rings. The van der Waals surface area contributed by atoms with Crippen LogP contribution in [-0.4, -0.2) is 23.9 Å². The van der Waals surface area contributed by atoms with Crippen molar-refractivity contribution in [1.82, 2.24) is 4.90 Å². The molecule has 0 radical (unpaired) electrons. The molecule has 1 aliphatic rings. The van der Waals surface area contributed by atoms with Gasteiger partial charge in [-0.2, -0.15) is 0 Å². The summed E-state index contributed by atoms with van der Waals surface area (Å²) in [5, 5.41) is 0. The molecule has 1 aromatic carbocycles. The molecule has 0 atom stereocenters. The Morgan fingerprint density at radius 1 is 1.29 bits per heavy atom. The molecule has 4 heteroatoms. The number of primary amides is 1. The number of halogens is 1. The number of carbonyl (C=O) groups excluding carboxylic acids is 1. The largest absolute Gasteiger partial charge is 0.366 e. The zero-order chi connectivity index (χ0) is 11.4. The molecule has 0 unspecified atom stereocenters. The molecule has 1 heterocycles. The molecule has 2 rings (SSSR count). The van der Waals surface area contributed by atoms with Gasteiger partial charge in [0.25, 0.3) is 0 Å². The van der Waals surface area contributed by atoms with E-state index in [1.54, 1.807) is 6.07 Å². The third kappa shape index (κ3) is 3.58. The first-order valence-electron chi connectivity index (χ1n) is 5.52. The number of hydrogen-bond acceptors (Lipinski definition) is 2. The van der Waals surface area contributed by atoms with Gasteiger partial charge in [0.15, 0.2) is 0 Å². The summed E-state index contributed by atoms with van der Waals surface area (Å²) in [4.78, 5) is 13.6. The molecule has 17 heavy (non-hydrogen) atoms. The zero-order valence-corrected chi connectivity index (χ0v) is 10.5. The van der Waals surface area contributed by atoms with E-state index in [4.69, 9.17) is 5.73 Å². The summed E-state index contributed by atoms with van der Waals surface area (Å²) in [6, 6.07) is 7.55. The summed E-state index contributed by atoms with van der Waals surface area (Å²) in [6.07, 6.45) is 5.44. The molecule has 0 saturated carbocycles. The van der Waals surface area contributed by atoms with Crippen LogP contribution in [-0.2, 0) is 6.54 Å². The van der Waals surface area contributed by atoms with E-state index in [0.29, 0.717) is 5.56 Å². The van der Waals surface area contributed by atoms with Gasteiger partial charge in [0.2, 0.25) is 5.91 Å². The Hall–Kier alpha value is -1.32. The maximum Gasteiger partial charge on any atom is 0.249 e. The SMILES string of the molecule is Cl.NC(=O)c1ccccc1CN1CC=CCC1. The molecule has 92 valence electrons. The van der Waals surface area contributed by atoms with E-state index in [1.165, 1.54) is 0 Å². The fraction of sp³-hybridized carbons (Fsp3) is 0.308. The maximum absolute atomic E-state index is 11.3. The quantitative estimate of drug-likeness (QED) is 0.836. The van der Waals surface area contributed by atoms with Crippen molar-refractivity contribution < 1.29 is 4.79 Å². The molecule has 3 nitrogen and oxygen atoms in total. The number of amides is 1. The van der Waals surface area contributed by atoms with E-state index in [9.17, 15) is 4.79 Å². The summed E-state index contributed by atoms with van der Waals surface area (Å²) >= 11 is 0. The zero-order valence-electron chi connectivity index (χ0n) is 9.63. The van der Waals surface area contributed by atoms with E-state index < -0.39 is 0 Å². The highest BCUT2D eigenvalue weighted by atomic mass is 35.5. The molecule has 0 spiro atoms. The van der Waals surface area contributed by atoms with Crippen molar-refractivity contribution in [2.45, 2.75) is 13.0 Å². The van der Waals surface area contributed by atoms with Crippen LogP contribution in [0.2, 0.25) is 0 Å². The lowest BCUT2D eigenvalue weighted by Gasteiger charge is -2.23. The molecule has 0 saturated heterocycles. The number of nitrogens with two attached hydrogens (primary N) is 1. The monoisotopic (exact) mass is 252 g/mol. The van der Waals surface area contributed by atoms with Gasteiger partial charge in [-0.15, -0.1) is 12.4 Å². The predicted molar refractivity (Wildman–Crippen MR) is 71.2 cm³/mol. The van der Waals surface area contributed by atoms with E-state index >= 15 is 0 Å². The van der Waals surface area contributed by atoms with Gasteiger partial charge in [-0.05, 0) is 18.1 Å². The first kappa shape index (κ1) is 13.7. The Kier molecular flexibility index (Phi) is 5.19. The first-order valence-corrected chi connectivity index (χ1v) is 5.52. The van der Waals surface area contributed by atoms with Gasteiger partial charge in [0.1, 0.15) is 0 Å². The standard InChI is InChI=1S/C13H16N2O.ClH/c14-13(16)12-7-3-2-6-11(12)10-15-8-4-1-5-9-15;/h1-4,6-7H,5,8-10H2,(H2,14,16);1H. The Morgan fingerprint density at radius 2 is 2.06 bits per heavy atom. The minimum Gasteiger partial charge on any atom is -0.366 e. The number of carbonyl (C=O) groups is 1. The van der Waals surface area contributed by atoms with Crippen molar-refractivity contribution in [2.24, 2.45) is 5.73 Å². The lowest BCUT2D eigenvalue weighted by molar-refractivity contribution is 0.0998. The average Bonchev–Trinajstić information content (AvgIpc) is 2.31. The van der Waals surface area contributed by atoms with Gasteiger partial charge < -0.3 is 5.73 Å². The number of rotatable bonds is 3. The van der Waals surface area contributed by atoms with Crippen molar-refractivity contribution in [1.29, 1.82) is 0 Å². The normalized spacial score (nSPS) is 15.3. The van der Waals surface area contributed by atoms with E-state index in [-0.39, 0.29) is 18.3 Å². The van der Waals surface area contributed by atoms with Crippen molar-refractivity contribution in [3.8, 4) is 0 Å². The van der Waals surface area contributed by atoms with Crippen LogP contribution in [0, 0.1) is 0 Å². The van der Waals surface area contributed by atoms with Gasteiger partial charge in [0.05, 0.1) is 0 Å². The lowest BCUT2D eigenvalue weighted by Crippen LogP contribution is -2.28. The Bertz CT molecular complexity index is 418. The van der Waals surface area contributed by atoms with Crippen LogP contribution < -0.4 is 5.73 Å². The molecule has 2 N–H and O–H groups in total. The first-order chi connectivity index (χ1) is 7.77. The number of nitrogens with zero attached hydrogens (tertiary/aromatic N) is 1. The summed E-state index contributed by atoms with van der Waals surface area (Å²) in [6.45, 7) is 2.79. The molecule has 1 amide bonds. The molecular weight excluding hydrogens is 236 g/mol. The van der Waals surface area contributed by atoms with Crippen LogP contribution in [0.4, 0.5) is 0 Å². The summed E-state index contributed by atoms with van der Waals surface area (Å²) < 4.78 is 0. The van der Waals surface area contributed by atoms with Gasteiger partial charge >= 0.3 is 0 Å². The minimum atomic E-state index is -0.344. The minimum absolute atomic E-state index is 0. The van der Waals surface area contributed by atoms with Crippen LogP contribution in [0.15, 0.2) is 36.4 Å². The Balaban J connectivity index is 0.00000144. The summed E-state index contributed by atoms with van der Waals surface area (Å²) in [7, 11) is 0. The Morgan fingerprint density at radius 3 is 2.71 bits per heavy atom. The molecule has 1 aliphatic heterocycles. The molecular formula is C13H17ClN2O. The number of benzene rings is 1. The average molecular weight is 253 g/mol. The molecule has 0 aromatic heterocycles. The van der Waals surface area contributed by atoms with Crippen LogP contribution in [0.5, 0.6) is 0 Å². The van der Waals surface area contributed by atoms with Crippen molar-refractivity contribution in [2.75, 3.05) is 13.1 Å². The predicted octanol–water partition coefficient (Wildman–Crippen LogP) is 1.97. The van der Waals surface area contributed by atoms with Crippen LogP contribution in [0.25, 0.3) is 0 Å². The van der Waals surface area contributed by atoms with Crippen molar-refractivity contribution in [3.63, 3.8) is 0 Å². The van der Waals surface area contributed by atoms with Crippen LogP contribution in [0.3, 0.4) is 0 Å². The second kappa shape index (κ2) is 6.42. The summed E-state index contributed by atoms with van der Waals surface area (Å²) in [5.74, 6) is -0.344. The van der Waals surface area contributed by atoms with Crippen molar-refractivity contribution >= 4 is 18.3 Å². The van der Waals surface area contributed by atoms with Gasteiger partial charge in [-0.1, -0.05) is 30.4 Å². The second-order valence-electron chi connectivity index (χ2n) is 4.02. The maximum atomic E-state index is 11.3. The summed E-state index contributed by atoms with van der Waals surface area (Å²) in [5.41, 5.74) is 7.00. The highest BCUT2D eigenvalue weighted by molar-refractivity contribution is 5.94. The van der Waals surface area contributed by atoms with Crippen LogP contribution >= 0.6 is 12.4 Å². The fourth-order valence-corrected chi connectivity index (χ4v) is 1.97. The molecule has 0 aliphatic carbocycles. The van der Waals surface area contributed by atoms with E-state index in [0.717, 1.165) is 31.6 Å². The van der Waals surface area contributed by atoms with Crippen molar-refractivity contribution in [3.05, 3.63) is 47.5 Å². The van der Waals surface area contributed by atoms with E-state index in [1.807, 2.05) is 18.2 Å². The fourth-order valence-electron chi connectivity index (χ4n) is 1.97. The van der Waals surface area contributed by atoms with E-state index in [2.05, 4.69) is 17.1 Å². The number of hydrogen-bond donors (Lipinski definition) is 1. The lowest BCUT2D eigenvalue weighted by atomic mass is 10.1. The Labute approximate surface area is 108 Å². The third-order valence-corrected chi connectivity index (χ3v) is 2.82. The van der Waals surface area contributed by atoms with Gasteiger partial charge in [0, 0.05) is 25.2 Å². The van der Waals surface area contributed by atoms with Gasteiger partial charge in [-0.3, -0.25) is 9.69 Å². The topological polar surface area (TPSA) is 46.3 Å². The smallest absolute Gasteiger partial charge is 0.249 e. The second-order valence-corrected chi connectivity index (χ2v) is 4.02. The molecule has 0 bridgehead atoms. The van der Waals surface area contributed by atoms with Crippen LogP contribution in [0.1, 0.15) is 22.3 Å². The third-order valence-electron chi connectivity index (χ3n) is 2.82. The highest BCUT2D eigenvalue weighted by Crippen LogP contribution is 2.13.